The van der Waals surface area contributed by atoms with Crippen LogP contribution in [0.1, 0.15) is 18.9 Å². The van der Waals surface area contributed by atoms with Crippen molar-refractivity contribution in [2.24, 2.45) is 11.5 Å². The lowest BCUT2D eigenvalue weighted by atomic mass is 10.2. The number of nitrogens with one attached hydrogen (secondary N) is 1. The highest BCUT2D eigenvalue weighted by Gasteiger charge is 2.02. The van der Waals surface area contributed by atoms with E-state index in [9.17, 15) is 0 Å². The molecule has 5 heteroatoms. The molecule has 5 N–H and O–H groups in total. The molecular formula is C11H17ClN3O+. The maximum Gasteiger partial charge on any atom is 0.339 e. The van der Waals surface area contributed by atoms with Crippen LogP contribution in [0.2, 0.25) is 5.02 Å². The summed E-state index contributed by atoms with van der Waals surface area (Å²) >= 11 is 6.06. The summed E-state index contributed by atoms with van der Waals surface area (Å²) in [6, 6.07) is 5.61. The fraction of sp³-hybridized carbons (Fsp3) is 0.364. The van der Waals surface area contributed by atoms with Crippen LogP contribution in [0.25, 0.3) is 0 Å². The van der Waals surface area contributed by atoms with Gasteiger partial charge in [-0.3, -0.25) is 16.5 Å². The van der Waals surface area contributed by atoms with Crippen molar-refractivity contribution >= 4 is 17.6 Å². The molecule has 0 bridgehead atoms. The second-order valence-corrected chi connectivity index (χ2v) is 3.83. The summed E-state index contributed by atoms with van der Waals surface area (Å²) in [4.78, 5) is 2.82. The second-order valence-electron chi connectivity index (χ2n) is 3.42. The van der Waals surface area contributed by atoms with Gasteiger partial charge in [0.15, 0.2) is 0 Å². The predicted molar refractivity (Wildman–Crippen MR) is 65.3 cm³/mol. The average Bonchev–Trinajstić information content (AvgIpc) is 2.25. The van der Waals surface area contributed by atoms with Crippen molar-refractivity contribution in [1.82, 2.24) is 0 Å². The Labute approximate surface area is 100 Å². The third-order valence-corrected chi connectivity index (χ3v) is 2.25. The van der Waals surface area contributed by atoms with Crippen LogP contribution in [0.15, 0.2) is 18.2 Å². The van der Waals surface area contributed by atoms with Gasteiger partial charge in [-0.2, -0.15) is 0 Å². The van der Waals surface area contributed by atoms with Crippen LogP contribution >= 0.6 is 11.6 Å². The maximum atomic E-state index is 6.06. The van der Waals surface area contributed by atoms with Crippen molar-refractivity contribution < 1.29 is 9.73 Å². The van der Waals surface area contributed by atoms with Crippen LogP contribution in [0.4, 0.5) is 0 Å². The Balaban J connectivity index is 2.70. The number of halogens is 1. The summed E-state index contributed by atoms with van der Waals surface area (Å²) in [6.07, 6.45) is 0.957. The Bertz CT molecular complexity index is 375. The molecule has 0 atom stereocenters. The largest absolute Gasteiger partial charge is 0.492 e. The first-order valence-corrected chi connectivity index (χ1v) is 5.54. The van der Waals surface area contributed by atoms with Crippen LogP contribution < -0.4 is 21.2 Å². The van der Waals surface area contributed by atoms with Crippen molar-refractivity contribution in [3.8, 4) is 5.75 Å². The number of benzene rings is 1. The van der Waals surface area contributed by atoms with E-state index in [-0.39, 0.29) is 5.96 Å². The molecule has 16 heavy (non-hydrogen) atoms. The summed E-state index contributed by atoms with van der Waals surface area (Å²) in [7, 11) is 0. The predicted octanol–water partition coefficient (Wildman–Crippen LogP) is -0.0172. The SMILES string of the molecule is CCCOc1ccc(C[NH+]=C(N)N)cc1Cl. The minimum atomic E-state index is 0.197. The molecule has 1 rings (SSSR count). The highest BCUT2D eigenvalue weighted by molar-refractivity contribution is 6.32. The third-order valence-electron chi connectivity index (χ3n) is 1.95. The molecule has 0 aromatic heterocycles. The molecule has 1 aromatic carbocycles. The molecular weight excluding hydrogens is 226 g/mol. The lowest BCUT2D eigenvalue weighted by Gasteiger charge is -2.07. The normalized spacial score (nSPS) is 9.88. The zero-order chi connectivity index (χ0) is 12.0. The van der Waals surface area contributed by atoms with Crippen LogP contribution in [0.5, 0.6) is 5.75 Å². The third kappa shape index (κ3) is 3.98. The lowest BCUT2D eigenvalue weighted by Crippen LogP contribution is -2.76. The number of guanidine groups is 1. The van der Waals surface area contributed by atoms with Gasteiger partial charge in [0.1, 0.15) is 5.75 Å². The van der Waals surface area contributed by atoms with E-state index in [2.05, 4.69) is 4.99 Å². The van der Waals surface area contributed by atoms with Gasteiger partial charge in [0, 0.05) is 0 Å². The number of rotatable bonds is 5. The minimum absolute atomic E-state index is 0.197. The number of hydrogen-bond donors (Lipinski definition) is 3. The fourth-order valence-electron chi connectivity index (χ4n) is 1.19. The fourth-order valence-corrected chi connectivity index (χ4v) is 1.45. The summed E-state index contributed by atoms with van der Waals surface area (Å²) in [6.45, 7) is 3.27. The van der Waals surface area contributed by atoms with E-state index in [1.54, 1.807) is 0 Å². The molecule has 0 saturated carbocycles. The molecule has 0 radical (unpaired) electrons. The zero-order valence-corrected chi connectivity index (χ0v) is 10.1. The molecule has 0 unspecified atom stereocenters. The molecule has 0 aliphatic rings. The first-order valence-electron chi connectivity index (χ1n) is 5.16. The lowest BCUT2D eigenvalue weighted by molar-refractivity contribution is -0.477. The maximum absolute atomic E-state index is 6.06. The molecule has 1 aromatic rings. The van der Waals surface area contributed by atoms with Gasteiger partial charge in [-0.25, -0.2) is 0 Å². The molecule has 0 aliphatic carbocycles. The average molecular weight is 243 g/mol. The smallest absolute Gasteiger partial charge is 0.339 e. The summed E-state index contributed by atoms with van der Waals surface area (Å²) in [5.41, 5.74) is 11.6. The summed E-state index contributed by atoms with van der Waals surface area (Å²) in [5.74, 6) is 0.902. The molecule has 0 heterocycles. The monoisotopic (exact) mass is 242 g/mol. The first kappa shape index (κ1) is 12.6. The van der Waals surface area contributed by atoms with Gasteiger partial charge in [-0.15, -0.1) is 0 Å². The van der Waals surface area contributed by atoms with Gasteiger partial charge >= 0.3 is 5.96 Å². The highest BCUT2D eigenvalue weighted by Crippen LogP contribution is 2.25. The zero-order valence-electron chi connectivity index (χ0n) is 9.29. The Morgan fingerprint density at radius 2 is 2.19 bits per heavy atom. The molecule has 0 aliphatic heterocycles. The minimum Gasteiger partial charge on any atom is -0.492 e. The van der Waals surface area contributed by atoms with Gasteiger partial charge in [0.05, 0.1) is 18.2 Å². The Morgan fingerprint density at radius 3 is 2.75 bits per heavy atom. The van der Waals surface area contributed by atoms with E-state index in [0.717, 1.165) is 12.0 Å². The Kier molecular flexibility index (Phi) is 4.92. The Morgan fingerprint density at radius 1 is 1.44 bits per heavy atom. The van der Waals surface area contributed by atoms with E-state index in [4.69, 9.17) is 27.8 Å². The van der Waals surface area contributed by atoms with Crippen LogP contribution in [-0.4, -0.2) is 12.6 Å². The van der Waals surface area contributed by atoms with E-state index >= 15 is 0 Å². The number of hydrogen-bond acceptors (Lipinski definition) is 1. The Hall–Kier alpha value is -1.42. The summed E-state index contributed by atoms with van der Waals surface area (Å²) < 4.78 is 5.46. The van der Waals surface area contributed by atoms with Gasteiger partial charge in [0.25, 0.3) is 0 Å². The van der Waals surface area contributed by atoms with Crippen molar-refractivity contribution in [1.29, 1.82) is 0 Å². The van der Waals surface area contributed by atoms with Gasteiger partial charge in [-0.1, -0.05) is 24.6 Å². The molecule has 0 fully saturated rings. The highest BCUT2D eigenvalue weighted by atomic mass is 35.5. The number of nitrogens with two attached hydrogens (primary N) is 2. The van der Waals surface area contributed by atoms with E-state index < -0.39 is 0 Å². The molecule has 0 spiro atoms. The first-order chi connectivity index (χ1) is 7.63. The van der Waals surface area contributed by atoms with Crippen molar-refractivity contribution in [3.05, 3.63) is 28.8 Å². The van der Waals surface area contributed by atoms with Gasteiger partial charge in [0.2, 0.25) is 0 Å². The number of ether oxygens (including phenoxy) is 1. The molecule has 0 saturated heterocycles. The van der Waals surface area contributed by atoms with Crippen molar-refractivity contribution in [2.75, 3.05) is 6.61 Å². The van der Waals surface area contributed by atoms with Crippen LogP contribution in [0.3, 0.4) is 0 Å². The molecule has 0 amide bonds. The quantitative estimate of drug-likeness (QED) is 0.502. The van der Waals surface area contributed by atoms with Crippen molar-refractivity contribution in [2.45, 2.75) is 19.9 Å². The topological polar surface area (TPSA) is 75.2 Å². The van der Waals surface area contributed by atoms with Crippen LogP contribution in [0, 0.1) is 0 Å². The van der Waals surface area contributed by atoms with E-state index in [1.165, 1.54) is 0 Å². The van der Waals surface area contributed by atoms with Gasteiger partial charge in [-0.05, 0) is 24.1 Å². The second kappa shape index (κ2) is 6.23. The van der Waals surface area contributed by atoms with Crippen LogP contribution in [-0.2, 0) is 6.54 Å². The van der Waals surface area contributed by atoms with E-state index in [1.807, 2.05) is 25.1 Å². The molecule has 4 nitrogen and oxygen atoms in total. The summed E-state index contributed by atoms with van der Waals surface area (Å²) in [5, 5.41) is 0.600. The van der Waals surface area contributed by atoms with Gasteiger partial charge < -0.3 is 4.74 Å². The van der Waals surface area contributed by atoms with E-state index in [0.29, 0.717) is 23.9 Å². The standard InChI is InChI=1S/C11H16ClN3O/c1-2-5-16-10-4-3-8(6-9(10)12)7-15-11(13)14/h3-4,6H,2,5,7H2,1H3,(H4,13,14,15)/p+1. The van der Waals surface area contributed by atoms with Crippen molar-refractivity contribution in [3.63, 3.8) is 0 Å². The molecule has 88 valence electrons.